The number of hydrogen-bond acceptors (Lipinski definition) is 8. The highest BCUT2D eigenvalue weighted by Crippen LogP contribution is 2.23. The van der Waals surface area contributed by atoms with Gasteiger partial charge in [0.25, 0.3) is 5.89 Å². The van der Waals surface area contributed by atoms with Crippen molar-refractivity contribution in [2.24, 2.45) is 0 Å². The molecule has 0 aliphatic rings. The van der Waals surface area contributed by atoms with Crippen LogP contribution in [0, 0.1) is 12.0 Å². The van der Waals surface area contributed by atoms with Crippen LogP contribution in [-0.4, -0.2) is 27.5 Å². The van der Waals surface area contributed by atoms with Gasteiger partial charge in [0.05, 0.1) is 6.42 Å². The van der Waals surface area contributed by atoms with E-state index >= 15 is 0 Å². The van der Waals surface area contributed by atoms with E-state index in [0.717, 1.165) is 17.7 Å². The minimum absolute atomic E-state index is 0.0233. The minimum Gasteiger partial charge on any atom is -0.481 e. The second-order valence-corrected chi connectivity index (χ2v) is 4.56. The number of rotatable bonds is 7. The van der Waals surface area contributed by atoms with Crippen LogP contribution in [-0.2, 0) is 9.13 Å². The van der Waals surface area contributed by atoms with Crippen LogP contribution in [0.15, 0.2) is 28.7 Å². The molecule has 1 aromatic heterocycles. The third-order valence-corrected chi connectivity index (χ3v) is 2.67. The number of carbonyl (C=O) groups is 1. The summed E-state index contributed by atoms with van der Waals surface area (Å²) in [6, 6.07) is 9.80. The molecule has 0 bridgehead atoms. The van der Waals surface area contributed by atoms with E-state index < -0.39 is 5.97 Å². The van der Waals surface area contributed by atoms with Crippen LogP contribution in [0.3, 0.4) is 0 Å². The maximum Gasteiger partial charge on any atom is 0.448 e. The molecule has 0 fully saturated rings. The summed E-state index contributed by atoms with van der Waals surface area (Å²) in [5.41, 5.74) is 1.47. The predicted octanol–water partition coefficient (Wildman–Crippen LogP) is 2.56. The van der Waals surface area contributed by atoms with Gasteiger partial charge in [-0.05, 0) is 24.3 Å². The number of nitrogens with one attached hydrogen (secondary N) is 1. The third kappa shape index (κ3) is 5.54. The molecule has 0 aliphatic carbocycles. The summed E-state index contributed by atoms with van der Waals surface area (Å²) in [6.07, 6.45) is 1.92. The standard InChI is InChI=1S/C14H13N3O5S/c1-23-22-21-14-17-16-13(20-14)10-5-7-11(8-6-10)15-9-3-2-4-12(18)19/h5-8,15H,2,4H2,1H3,(H,18,19). The molecule has 1 aromatic carbocycles. The van der Waals surface area contributed by atoms with Crippen molar-refractivity contribution in [2.45, 2.75) is 12.8 Å². The number of aromatic nitrogens is 2. The van der Waals surface area contributed by atoms with Crippen molar-refractivity contribution in [3.63, 3.8) is 0 Å². The first-order valence-corrected chi connectivity index (χ1v) is 7.61. The SMILES string of the molecule is CSOOc1nnc(-c2ccc(NC#CCCC(=O)O)cc2)o1. The van der Waals surface area contributed by atoms with Crippen molar-refractivity contribution in [1.29, 1.82) is 0 Å². The Kier molecular flexibility index (Phi) is 6.28. The fourth-order valence-corrected chi connectivity index (χ4v) is 1.59. The Balaban J connectivity index is 1.91. The molecular formula is C14H13N3O5S. The average molecular weight is 335 g/mol. The van der Waals surface area contributed by atoms with Crippen LogP contribution in [0.4, 0.5) is 5.69 Å². The van der Waals surface area contributed by atoms with Gasteiger partial charge >= 0.3 is 12.0 Å². The zero-order chi connectivity index (χ0) is 16.5. The first kappa shape index (κ1) is 16.7. The maximum atomic E-state index is 10.3. The number of aliphatic carboxylic acids is 1. The maximum absolute atomic E-state index is 10.3. The van der Waals surface area contributed by atoms with Gasteiger partial charge in [0.15, 0.2) is 0 Å². The molecule has 120 valence electrons. The van der Waals surface area contributed by atoms with Gasteiger partial charge in [-0.3, -0.25) is 9.68 Å². The predicted molar refractivity (Wildman–Crippen MR) is 83.2 cm³/mol. The molecule has 0 radical (unpaired) electrons. The Bertz CT molecular complexity index is 705. The van der Waals surface area contributed by atoms with Crippen molar-refractivity contribution in [1.82, 2.24) is 10.2 Å². The van der Waals surface area contributed by atoms with Crippen molar-refractivity contribution in [2.75, 3.05) is 11.6 Å². The molecule has 0 atom stereocenters. The van der Waals surface area contributed by atoms with Gasteiger partial charge in [0.1, 0.15) is 0 Å². The normalized spacial score (nSPS) is 9.78. The van der Waals surface area contributed by atoms with E-state index in [1.54, 1.807) is 30.5 Å². The van der Waals surface area contributed by atoms with E-state index in [9.17, 15) is 4.79 Å². The molecule has 23 heavy (non-hydrogen) atoms. The number of anilines is 1. The van der Waals surface area contributed by atoms with Crippen LogP contribution < -0.4 is 10.2 Å². The van der Waals surface area contributed by atoms with Crippen molar-refractivity contribution in [3.05, 3.63) is 24.3 Å². The fourth-order valence-electron chi connectivity index (χ4n) is 1.47. The summed E-state index contributed by atoms with van der Waals surface area (Å²) in [6.45, 7) is 0. The van der Waals surface area contributed by atoms with Gasteiger partial charge in [-0.25, -0.2) is 0 Å². The molecule has 2 N–H and O–H groups in total. The Labute approximate surface area is 136 Å². The number of hydrogen-bond donors (Lipinski definition) is 2. The van der Waals surface area contributed by atoms with Gasteiger partial charge < -0.3 is 14.8 Å². The van der Waals surface area contributed by atoms with Crippen LogP contribution in [0.2, 0.25) is 0 Å². The van der Waals surface area contributed by atoms with E-state index in [4.69, 9.17) is 14.4 Å². The molecular weight excluding hydrogens is 322 g/mol. The zero-order valence-electron chi connectivity index (χ0n) is 12.1. The summed E-state index contributed by atoms with van der Waals surface area (Å²) < 4.78 is 9.89. The van der Waals surface area contributed by atoms with E-state index in [1.165, 1.54) is 0 Å². The first-order valence-electron chi connectivity index (χ1n) is 6.46. The monoisotopic (exact) mass is 335 g/mol. The summed E-state index contributed by atoms with van der Waals surface area (Å²) in [7, 11) is 0. The molecule has 0 saturated heterocycles. The molecule has 1 heterocycles. The van der Waals surface area contributed by atoms with Crippen molar-refractivity contribution < 1.29 is 23.5 Å². The Morgan fingerprint density at radius 2 is 2.17 bits per heavy atom. The molecule has 0 unspecified atom stereocenters. The van der Waals surface area contributed by atoms with Gasteiger partial charge in [-0.2, -0.15) is 0 Å². The topological polar surface area (TPSA) is 107 Å². The summed E-state index contributed by atoms with van der Waals surface area (Å²) in [4.78, 5) is 15.1. The lowest BCUT2D eigenvalue weighted by molar-refractivity contribution is -0.136. The van der Waals surface area contributed by atoms with Crippen LogP contribution in [0.1, 0.15) is 12.8 Å². The number of benzene rings is 1. The lowest BCUT2D eigenvalue weighted by atomic mass is 10.2. The molecule has 0 saturated carbocycles. The van der Waals surface area contributed by atoms with Gasteiger partial charge in [-0.15, -0.1) is 9.43 Å². The Hall–Kier alpha value is -2.70. The molecule has 0 amide bonds. The van der Waals surface area contributed by atoms with Crippen molar-refractivity contribution >= 4 is 23.7 Å². The molecule has 0 spiro atoms. The Morgan fingerprint density at radius 3 is 2.87 bits per heavy atom. The third-order valence-electron chi connectivity index (χ3n) is 2.47. The highest BCUT2D eigenvalue weighted by atomic mass is 32.2. The minimum atomic E-state index is -0.866. The molecule has 9 heteroatoms. The lowest BCUT2D eigenvalue weighted by Gasteiger charge is -1.99. The van der Waals surface area contributed by atoms with Crippen molar-refractivity contribution in [3.8, 4) is 29.5 Å². The van der Waals surface area contributed by atoms with Crippen LogP contribution in [0.5, 0.6) is 6.08 Å². The summed E-state index contributed by atoms with van der Waals surface area (Å²) in [5, 5.41) is 18.9. The number of carboxylic acid groups (broad SMARTS) is 1. The second kappa shape index (κ2) is 8.67. The van der Waals surface area contributed by atoms with E-state index in [0.29, 0.717) is 17.9 Å². The average Bonchev–Trinajstić information content (AvgIpc) is 3.02. The number of carboxylic acids is 1. The highest BCUT2D eigenvalue weighted by molar-refractivity contribution is 7.93. The largest absolute Gasteiger partial charge is 0.481 e. The smallest absolute Gasteiger partial charge is 0.448 e. The van der Waals surface area contributed by atoms with Gasteiger partial charge in [0, 0.05) is 42.0 Å². The number of nitrogens with zero attached hydrogens (tertiary/aromatic N) is 2. The summed E-state index contributed by atoms with van der Waals surface area (Å²) >= 11 is 1.01. The van der Waals surface area contributed by atoms with Gasteiger partial charge in [0.2, 0.25) is 0 Å². The zero-order valence-corrected chi connectivity index (χ0v) is 12.9. The molecule has 8 nitrogen and oxygen atoms in total. The first-order chi connectivity index (χ1) is 11.2. The van der Waals surface area contributed by atoms with E-state index in [2.05, 4.69) is 31.8 Å². The Morgan fingerprint density at radius 1 is 1.39 bits per heavy atom. The highest BCUT2D eigenvalue weighted by Gasteiger charge is 2.10. The molecule has 2 rings (SSSR count). The second-order valence-electron chi connectivity index (χ2n) is 4.09. The quantitative estimate of drug-likeness (QED) is 0.259. The van der Waals surface area contributed by atoms with E-state index in [1.807, 2.05) is 0 Å². The van der Waals surface area contributed by atoms with Crippen LogP contribution >= 0.6 is 12.0 Å². The van der Waals surface area contributed by atoms with Gasteiger partial charge in [-0.1, -0.05) is 11.0 Å². The molecule has 2 aromatic rings. The molecule has 0 aliphatic heterocycles. The summed E-state index contributed by atoms with van der Waals surface area (Å²) in [5.74, 6) is 2.15. The lowest BCUT2D eigenvalue weighted by Crippen LogP contribution is -1.93. The fraction of sp³-hybridized carbons (Fsp3) is 0.214. The van der Waals surface area contributed by atoms with Crippen LogP contribution in [0.25, 0.3) is 11.5 Å². The van der Waals surface area contributed by atoms with E-state index in [-0.39, 0.29) is 12.5 Å².